The molecule has 0 atom stereocenters. The Morgan fingerprint density at radius 1 is 0.964 bits per heavy atom. The van der Waals surface area contributed by atoms with Crippen LogP contribution in [0.2, 0.25) is 0 Å². The topological polar surface area (TPSA) is 91.3 Å². The molecular weight excluding hydrogens is 356 g/mol. The second-order valence-corrected chi connectivity index (χ2v) is 6.33. The number of azo groups is 1. The molecule has 3 aromatic carbocycles. The Kier molecular flexibility index (Phi) is 6.29. The minimum atomic E-state index is -0.392. The largest absolute Gasteiger partial charge is 0.395 e. The first-order valence-corrected chi connectivity index (χ1v) is 9.17. The van der Waals surface area contributed by atoms with Gasteiger partial charge in [0.05, 0.1) is 28.3 Å². The predicted molar refractivity (Wildman–Crippen MR) is 111 cm³/mol. The van der Waals surface area contributed by atoms with Crippen LogP contribution in [0.25, 0.3) is 10.8 Å². The molecule has 0 heterocycles. The highest BCUT2D eigenvalue weighted by atomic mass is 16.6. The van der Waals surface area contributed by atoms with Gasteiger partial charge in [-0.2, -0.15) is 5.11 Å². The summed E-state index contributed by atoms with van der Waals surface area (Å²) in [5.74, 6) is 0. The number of nitro benzene ring substituents is 1. The summed E-state index contributed by atoms with van der Waals surface area (Å²) >= 11 is 0. The number of anilines is 1. The normalized spacial score (nSPS) is 11.2. The number of non-ortho nitro benzene ring substituents is 1. The molecule has 0 aliphatic rings. The van der Waals surface area contributed by atoms with Crippen molar-refractivity contribution in [3.63, 3.8) is 0 Å². The molecular formula is C21H22N4O3. The lowest BCUT2D eigenvalue weighted by Gasteiger charge is -2.23. The van der Waals surface area contributed by atoms with Crippen molar-refractivity contribution in [3.8, 4) is 0 Å². The average Bonchev–Trinajstić information content (AvgIpc) is 2.72. The van der Waals surface area contributed by atoms with Crippen molar-refractivity contribution in [3.05, 3.63) is 70.8 Å². The maximum Gasteiger partial charge on any atom is 0.277 e. The Hall–Kier alpha value is -3.32. The van der Waals surface area contributed by atoms with Crippen LogP contribution in [-0.4, -0.2) is 29.7 Å². The molecule has 0 bridgehead atoms. The molecule has 3 rings (SSSR count). The molecule has 0 aromatic heterocycles. The molecule has 0 unspecified atom stereocenters. The predicted octanol–water partition coefficient (Wildman–Crippen LogP) is 5.37. The molecule has 28 heavy (non-hydrogen) atoms. The van der Waals surface area contributed by atoms with E-state index >= 15 is 0 Å². The Balaban J connectivity index is 1.86. The van der Waals surface area contributed by atoms with E-state index < -0.39 is 4.92 Å². The number of aliphatic hydroxyl groups excluding tert-OH is 1. The first kappa shape index (κ1) is 19.4. The van der Waals surface area contributed by atoms with Crippen molar-refractivity contribution in [2.24, 2.45) is 10.2 Å². The van der Waals surface area contributed by atoms with Crippen LogP contribution in [0.3, 0.4) is 0 Å². The third kappa shape index (κ3) is 4.32. The third-order valence-corrected chi connectivity index (χ3v) is 4.43. The fourth-order valence-corrected chi connectivity index (χ4v) is 3.12. The first-order valence-electron chi connectivity index (χ1n) is 9.17. The van der Waals surface area contributed by atoms with E-state index in [1.54, 1.807) is 24.3 Å². The van der Waals surface area contributed by atoms with E-state index in [4.69, 9.17) is 0 Å². The summed E-state index contributed by atoms with van der Waals surface area (Å²) in [7, 11) is 0. The fourth-order valence-electron chi connectivity index (χ4n) is 3.12. The smallest absolute Gasteiger partial charge is 0.277 e. The van der Waals surface area contributed by atoms with Gasteiger partial charge >= 0.3 is 0 Å². The Labute approximate surface area is 163 Å². The van der Waals surface area contributed by atoms with E-state index in [0.29, 0.717) is 28.7 Å². The lowest BCUT2D eigenvalue weighted by molar-refractivity contribution is -0.383. The monoisotopic (exact) mass is 378 g/mol. The van der Waals surface area contributed by atoms with Gasteiger partial charge in [-0.25, -0.2) is 0 Å². The zero-order valence-electron chi connectivity index (χ0n) is 15.7. The van der Waals surface area contributed by atoms with Gasteiger partial charge in [0.25, 0.3) is 5.69 Å². The summed E-state index contributed by atoms with van der Waals surface area (Å²) in [5.41, 5.74) is 2.35. The number of hydrogen-bond donors (Lipinski definition) is 1. The molecule has 1 N–H and O–H groups in total. The Bertz CT molecular complexity index is 981. The van der Waals surface area contributed by atoms with E-state index in [9.17, 15) is 15.2 Å². The van der Waals surface area contributed by atoms with Crippen LogP contribution < -0.4 is 4.90 Å². The van der Waals surface area contributed by atoms with Gasteiger partial charge in [0.15, 0.2) is 0 Å². The van der Waals surface area contributed by atoms with Crippen molar-refractivity contribution >= 4 is 33.5 Å². The quantitative estimate of drug-likeness (QED) is 0.324. The second kappa shape index (κ2) is 9.05. The number of fused-ring (bicyclic) bond motifs is 1. The lowest BCUT2D eigenvalue weighted by Crippen LogP contribution is -2.27. The molecule has 144 valence electrons. The summed E-state index contributed by atoms with van der Waals surface area (Å²) in [4.78, 5) is 12.9. The number of rotatable bonds is 8. The van der Waals surface area contributed by atoms with E-state index in [-0.39, 0.29) is 12.3 Å². The van der Waals surface area contributed by atoms with Crippen molar-refractivity contribution in [1.82, 2.24) is 0 Å². The maximum absolute atomic E-state index is 11.2. The Morgan fingerprint density at radius 3 is 2.32 bits per heavy atom. The molecule has 0 aliphatic carbocycles. The summed E-state index contributed by atoms with van der Waals surface area (Å²) in [6.07, 6.45) is 0.995. The number of hydrogen-bond acceptors (Lipinski definition) is 6. The van der Waals surface area contributed by atoms with Crippen molar-refractivity contribution in [2.45, 2.75) is 13.3 Å². The Morgan fingerprint density at radius 2 is 1.68 bits per heavy atom. The van der Waals surface area contributed by atoms with Gasteiger partial charge in [-0.3, -0.25) is 10.1 Å². The number of nitrogens with zero attached hydrogens (tertiary/aromatic N) is 4. The van der Waals surface area contributed by atoms with Crippen LogP contribution in [0, 0.1) is 10.1 Å². The summed E-state index contributed by atoms with van der Waals surface area (Å²) in [6.45, 7) is 3.66. The zero-order valence-corrected chi connectivity index (χ0v) is 15.7. The minimum absolute atomic E-state index is 0.0544. The number of nitro groups is 1. The van der Waals surface area contributed by atoms with Crippen molar-refractivity contribution in [2.75, 3.05) is 24.6 Å². The summed E-state index contributed by atoms with van der Waals surface area (Å²) in [6, 6.07) is 17.8. The number of benzene rings is 3. The van der Waals surface area contributed by atoms with Gasteiger partial charge < -0.3 is 10.0 Å². The average molecular weight is 378 g/mol. The third-order valence-electron chi connectivity index (χ3n) is 4.43. The first-order chi connectivity index (χ1) is 13.6. The molecule has 0 aliphatic heterocycles. The molecule has 0 radical (unpaired) electrons. The van der Waals surface area contributed by atoms with Gasteiger partial charge in [0.2, 0.25) is 0 Å². The van der Waals surface area contributed by atoms with Crippen LogP contribution in [-0.2, 0) is 0 Å². The van der Waals surface area contributed by atoms with Crippen LogP contribution in [0.5, 0.6) is 0 Å². The molecule has 0 fully saturated rings. The molecule has 0 spiro atoms. The van der Waals surface area contributed by atoms with E-state index in [2.05, 4.69) is 22.1 Å². The van der Waals surface area contributed by atoms with Crippen molar-refractivity contribution < 1.29 is 10.0 Å². The molecule has 0 saturated heterocycles. The van der Waals surface area contributed by atoms with E-state index in [0.717, 1.165) is 18.7 Å². The minimum Gasteiger partial charge on any atom is -0.395 e. The summed E-state index contributed by atoms with van der Waals surface area (Å²) in [5, 5.41) is 30.2. The van der Waals surface area contributed by atoms with Gasteiger partial charge in [-0.1, -0.05) is 25.1 Å². The van der Waals surface area contributed by atoms with Gasteiger partial charge in [-0.15, -0.1) is 5.11 Å². The van der Waals surface area contributed by atoms with Crippen LogP contribution in [0.15, 0.2) is 70.9 Å². The molecule has 7 nitrogen and oxygen atoms in total. The lowest BCUT2D eigenvalue weighted by atomic mass is 10.1. The number of aliphatic hydroxyl groups is 1. The van der Waals surface area contributed by atoms with E-state index in [1.165, 1.54) is 6.07 Å². The fraction of sp³-hybridized carbons (Fsp3) is 0.238. The van der Waals surface area contributed by atoms with Crippen LogP contribution in [0.1, 0.15) is 13.3 Å². The molecule has 0 saturated carbocycles. The maximum atomic E-state index is 11.2. The molecule has 0 amide bonds. The second-order valence-electron chi connectivity index (χ2n) is 6.33. The highest BCUT2D eigenvalue weighted by molar-refractivity contribution is 5.98. The molecule has 3 aromatic rings. The highest BCUT2D eigenvalue weighted by Crippen LogP contribution is 2.34. The van der Waals surface area contributed by atoms with Gasteiger partial charge in [0.1, 0.15) is 0 Å². The SMILES string of the molecule is CCCN(CCO)c1ccc(/N=N/c2ccc([N+](=O)[O-])c3ccccc23)cc1. The summed E-state index contributed by atoms with van der Waals surface area (Å²) < 4.78 is 0. The van der Waals surface area contributed by atoms with Gasteiger partial charge in [0, 0.05) is 30.2 Å². The molecule has 7 heteroatoms. The van der Waals surface area contributed by atoms with Crippen LogP contribution >= 0.6 is 0 Å². The highest BCUT2D eigenvalue weighted by Gasteiger charge is 2.13. The van der Waals surface area contributed by atoms with Crippen molar-refractivity contribution in [1.29, 1.82) is 0 Å². The van der Waals surface area contributed by atoms with Crippen LogP contribution in [0.4, 0.5) is 22.7 Å². The standard InChI is InChI=1S/C21H22N4O3/c1-2-13-24(14-15-26)17-9-7-16(8-10-17)22-23-20-11-12-21(25(27)28)19-6-4-3-5-18(19)20/h3-12,26H,2,13-15H2,1H3/b23-22+. The van der Waals surface area contributed by atoms with E-state index in [1.807, 2.05) is 30.3 Å². The van der Waals surface area contributed by atoms with Gasteiger partial charge in [-0.05, 0) is 42.8 Å². The zero-order chi connectivity index (χ0) is 19.9.